The third-order valence-electron chi connectivity index (χ3n) is 4.60. The summed E-state index contributed by atoms with van der Waals surface area (Å²) in [5.74, 6) is -0.547. The predicted molar refractivity (Wildman–Crippen MR) is 116 cm³/mol. The van der Waals surface area contributed by atoms with Crippen LogP contribution in [0.4, 0.5) is 10.1 Å². The molecule has 1 aromatic heterocycles. The number of aromatic nitrogens is 1. The van der Waals surface area contributed by atoms with Gasteiger partial charge in [0.1, 0.15) is 19.0 Å². The number of anilines is 1. The van der Waals surface area contributed by atoms with Gasteiger partial charge in [-0.25, -0.2) is 4.39 Å². The van der Waals surface area contributed by atoms with Gasteiger partial charge in [0.05, 0.1) is 6.21 Å². The van der Waals surface area contributed by atoms with E-state index < -0.39 is 0 Å². The van der Waals surface area contributed by atoms with E-state index in [0.717, 1.165) is 22.0 Å². The Morgan fingerprint density at radius 1 is 1.00 bits per heavy atom. The molecule has 0 bridgehead atoms. The standard InChI is InChI=1S/C24H20FN3O2/c25-20-10-12-21(13-11-20)27-24(29)16-28-15-19(22-8-4-5-9-23(22)28)14-26-30-17-18-6-2-1-3-7-18/h1-15H,16-17H2,(H,27,29)/b26-14-. The van der Waals surface area contributed by atoms with Crippen LogP contribution in [0.25, 0.3) is 10.9 Å². The van der Waals surface area contributed by atoms with Crippen LogP contribution in [0, 0.1) is 5.82 Å². The first-order chi connectivity index (χ1) is 14.7. The van der Waals surface area contributed by atoms with E-state index in [1.165, 1.54) is 24.3 Å². The Morgan fingerprint density at radius 3 is 2.53 bits per heavy atom. The number of halogens is 1. The Kier molecular flexibility index (Phi) is 5.85. The maximum atomic E-state index is 13.0. The van der Waals surface area contributed by atoms with Gasteiger partial charge in [-0.1, -0.05) is 53.7 Å². The zero-order valence-electron chi connectivity index (χ0n) is 16.2. The molecule has 0 aliphatic carbocycles. The molecule has 0 unspecified atom stereocenters. The molecule has 1 amide bonds. The number of para-hydroxylation sites is 1. The largest absolute Gasteiger partial charge is 0.391 e. The second-order valence-corrected chi connectivity index (χ2v) is 6.78. The third kappa shape index (κ3) is 4.72. The summed E-state index contributed by atoms with van der Waals surface area (Å²) in [7, 11) is 0. The van der Waals surface area contributed by atoms with Crippen LogP contribution in [0.3, 0.4) is 0 Å². The summed E-state index contributed by atoms with van der Waals surface area (Å²) in [5, 5.41) is 7.83. The van der Waals surface area contributed by atoms with E-state index in [2.05, 4.69) is 10.5 Å². The minimum atomic E-state index is -0.345. The molecule has 150 valence electrons. The minimum absolute atomic E-state index is 0.122. The smallest absolute Gasteiger partial charge is 0.244 e. The highest BCUT2D eigenvalue weighted by Crippen LogP contribution is 2.20. The van der Waals surface area contributed by atoms with Crippen molar-refractivity contribution >= 4 is 28.7 Å². The first-order valence-corrected chi connectivity index (χ1v) is 9.51. The first-order valence-electron chi connectivity index (χ1n) is 9.51. The Labute approximate surface area is 173 Å². The van der Waals surface area contributed by atoms with Crippen LogP contribution in [0.5, 0.6) is 0 Å². The summed E-state index contributed by atoms with van der Waals surface area (Å²) in [6.45, 7) is 0.507. The second-order valence-electron chi connectivity index (χ2n) is 6.78. The molecular weight excluding hydrogens is 381 g/mol. The van der Waals surface area contributed by atoms with Crippen molar-refractivity contribution < 1.29 is 14.0 Å². The molecule has 3 aromatic carbocycles. The number of nitrogens with one attached hydrogen (secondary N) is 1. The lowest BCUT2D eigenvalue weighted by molar-refractivity contribution is -0.116. The van der Waals surface area contributed by atoms with Crippen molar-refractivity contribution in [3.8, 4) is 0 Å². The quantitative estimate of drug-likeness (QED) is 0.351. The Bertz CT molecular complexity index is 1170. The molecule has 5 nitrogen and oxygen atoms in total. The van der Waals surface area contributed by atoms with Crippen LogP contribution in [0.1, 0.15) is 11.1 Å². The number of oxime groups is 1. The molecule has 4 aromatic rings. The van der Waals surface area contributed by atoms with Crippen LogP contribution in [0.15, 0.2) is 90.2 Å². The molecule has 6 heteroatoms. The highest BCUT2D eigenvalue weighted by Gasteiger charge is 2.10. The SMILES string of the molecule is O=C(Cn1cc(/C=N\OCc2ccccc2)c2ccccc21)Nc1ccc(F)cc1. The topological polar surface area (TPSA) is 55.6 Å². The molecule has 0 saturated heterocycles. The average Bonchev–Trinajstić information content (AvgIpc) is 3.11. The number of hydrogen-bond acceptors (Lipinski definition) is 3. The van der Waals surface area contributed by atoms with Gasteiger partial charge in [-0.15, -0.1) is 0 Å². The van der Waals surface area contributed by atoms with Crippen LogP contribution >= 0.6 is 0 Å². The van der Waals surface area contributed by atoms with Gasteiger partial charge in [0.25, 0.3) is 0 Å². The van der Waals surface area contributed by atoms with E-state index in [-0.39, 0.29) is 18.3 Å². The number of carbonyl (C=O) groups is 1. The van der Waals surface area contributed by atoms with Crippen LogP contribution in [-0.2, 0) is 22.8 Å². The third-order valence-corrected chi connectivity index (χ3v) is 4.60. The monoisotopic (exact) mass is 401 g/mol. The fraction of sp³-hybridized carbons (Fsp3) is 0.0833. The van der Waals surface area contributed by atoms with Gasteiger partial charge >= 0.3 is 0 Å². The van der Waals surface area contributed by atoms with Gasteiger partial charge in [-0.2, -0.15) is 0 Å². The van der Waals surface area contributed by atoms with Gasteiger partial charge in [0, 0.05) is 28.4 Å². The molecule has 0 aliphatic rings. The van der Waals surface area contributed by atoms with E-state index in [0.29, 0.717) is 12.3 Å². The molecule has 1 heterocycles. The van der Waals surface area contributed by atoms with Crippen LogP contribution in [-0.4, -0.2) is 16.7 Å². The molecule has 0 radical (unpaired) electrons. The number of rotatable bonds is 7. The van der Waals surface area contributed by atoms with E-state index in [1.807, 2.05) is 65.4 Å². The van der Waals surface area contributed by atoms with E-state index in [1.54, 1.807) is 6.21 Å². The number of amides is 1. The van der Waals surface area contributed by atoms with E-state index in [9.17, 15) is 9.18 Å². The maximum absolute atomic E-state index is 13.0. The lowest BCUT2D eigenvalue weighted by Crippen LogP contribution is -2.18. The van der Waals surface area contributed by atoms with Crippen molar-refractivity contribution in [3.63, 3.8) is 0 Å². The lowest BCUT2D eigenvalue weighted by Gasteiger charge is -2.07. The van der Waals surface area contributed by atoms with Crippen molar-refractivity contribution in [2.45, 2.75) is 13.2 Å². The van der Waals surface area contributed by atoms with Gasteiger partial charge in [-0.05, 0) is 35.9 Å². The summed E-state index contributed by atoms with van der Waals surface area (Å²) in [6, 6.07) is 23.3. The Balaban J connectivity index is 1.46. The molecule has 0 aliphatic heterocycles. The van der Waals surface area contributed by atoms with Crippen LogP contribution < -0.4 is 5.32 Å². The summed E-state index contributed by atoms with van der Waals surface area (Å²) in [6.07, 6.45) is 3.52. The number of carbonyl (C=O) groups excluding carboxylic acids is 1. The fourth-order valence-corrected chi connectivity index (χ4v) is 3.18. The van der Waals surface area contributed by atoms with Crippen molar-refractivity contribution in [2.75, 3.05) is 5.32 Å². The second kappa shape index (κ2) is 9.05. The van der Waals surface area contributed by atoms with Crippen molar-refractivity contribution in [1.82, 2.24) is 4.57 Å². The van der Waals surface area contributed by atoms with E-state index in [4.69, 9.17) is 4.84 Å². The molecular formula is C24H20FN3O2. The first kappa shape index (κ1) is 19.4. The van der Waals surface area contributed by atoms with Gasteiger partial charge in [-0.3, -0.25) is 4.79 Å². The molecule has 4 rings (SSSR count). The summed E-state index contributed by atoms with van der Waals surface area (Å²) < 4.78 is 14.9. The summed E-state index contributed by atoms with van der Waals surface area (Å²) in [4.78, 5) is 17.9. The molecule has 0 spiro atoms. The summed E-state index contributed by atoms with van der Waals surface area (Å²) in [5.41, 5.74) is 3.35. The van der Waals surface area contributed by atoms with Gasteiger partial charge in [0.2, 0.25) is 5.91 Å². The maximum Gasteiger partial charge on any atom is 0.244 e. The van der Waals surface area contributed by atoms with E-state index >= 15 is 0 Å². The molecule has 0 saturated carbocycles. The number of hydrogen-bond donors (Lipinski definition) is 1. The predicted octanol–water partition coefficient (Wildman–Crippen LogP) is 4.97. The van der Waals surface area contributed by atoms with Crippen molar-refractivity contribution in [3.05, 3.63) is 102 Å². The lowest BCUT2D eigenvalue weighted by atomic mass is 10.2. The minimum Gasteiger partial charge on any atom is -0.391 e. The average molecular weight is 401 g/mol. The normalized spacial score (nSPS) is 11.1. The Hall–Kier alpha value is -3.93. The summed E-state index contributed by atoms with van der Waals surface area (Å²) >= 11 is 0. The zero-order valence-corrected chi connectivity index (χ0v) is 16.2. The van der Waals surface area contributed by atoms with Crippen LogP contribution in [0.2, 0.25) is 0 Å². The number of nitrogens with zero attached hydrogens (tertiary/aromatic N) is 2. The molecule has 0 fully saturated rings. The Morgan fingerprint density at radius 2 is 1.73 bits per heavy atom. The van der Waals surface area contributed by atoms with Gasteiger partial charge < -0.3 is 14.7 Å². The number of benzene rings is 3. The highest BCUT2D eigenvalue weighted by molar-refractivity contribution is 6.00. The molecule has 30 heavy (non-hydrogen) atoms. The van der Waals surface area contributed by atoms with Crippen molar-refractivity contribution in [2.24, 2.45) is 5.16 Å². The van der Waals surface area contributed by atoms with Gasteiger partial charge in [0.15, 0.2) is 0 Å². The number of fused-ring (bicyclic) bond motifs is 1. The zero-order chi connectivity index (χ0) is 20.8. The molecule has 1 N–H and O–H groups in total. The highest BCUT2D eigenvalue weighted by atomic mass is 19.1. The fourth-order valence-electron chi connectivity index (χ4n) is 3.18. The molecule has 0 atom stereocenters. The van der Waals surface area contributed by atoms with Crippen molar-refractivity contribution in [1.29, 1.82) is 0 Å².